The van der Waals surface area contributed by atoms with Gasteiger partial charge in [-0.05, 0) is 46.3 Å². The predicted molar refractivity (Wildman–Crippen MR) is 75.4 cm³/mol. The Morgan fingerprint density at radius 1 is 1.24 bits per heavy atom. The molecule has 0 aliphatic carbocycles. The molecule has 0 radical (unpaired) electrons. The van der Waals surface area contributed by atoms with Crippen LogP contribution in [0.25, 0.3) is 0 Å². The van der Waals surface area contributed by atoms with Crippen LogP contribution in [0.5, 0.6) is 5.75 Å². The molecule has 0 bridgehead atoms. The number of benzene rings is 1. The lowest BCUT2D eigenvalue weighted by Gasteiger charge is -2.27. The van der Waals surface area contributed by atoms with Crippen molar-refractivity contribution in [3.05, 3.63) is 28.2 Å². The Kier molecular flexibility index (Phi) is 5.43. The van der Waals surface area contributed by atoms with Crippen molar-refractivity contribution >= 4 is 15.9 Å². The molecule has 17 heavy (non-hydrogen) atoms. The van der Waals surface area contributed by atoms with Gasteiger partial charge in [-0.25, -0.2) is 0 Å². The molecule has 0 fully saturated rings. The summed E-state index contributed by atoms with van der Waals surface area (Å²) in [6, 6.07) is 5.76. The van der Waals surface area contributed by atoms with Crippen LogP contribution in [0, 0.1) is 0 Å². The highest BCUT2D eigenvalue weighted by Gasteiger charge is 2.15. The summed E-state index contributed by atoms with van der Waals surface area (Å²) in [5.74, 6) is 0.359. The van der Waals surface area contributed by atoms with Crippen LogP contribution in [0.15, 0.2) is 22.7 Å². The first-order valence-electron chi connectivity index (χ1n) is 5.75. The van der Waals surface area contributed by atoms with Crippen molar-refractivity contribution in [1.29, 1.82) is 0 Å². The molecule has 4 heteroatoms. The van der Waals surface area contributed by atoms with Crippen molar-refractivity contribution in [1.82, 2.24) is 9.80 Å². The first-order valence-corrected chi connectivity index (χ1v) is 6.54. The molecule has 0 aliphatic heterocycles. The van der Waals surface area contributed by atoms with Gasteiger partial charge in [0.2, 0.25) is 0 Å². The summed E-state index contributed by atoms with van der Waals surface area (Å²) in [6.07, 6.45) is 0. The predicted octanol–water partition coefficient (Wildman–Crippen LogP) is 2.71. The maximum absolute atomic E-state index is 9.87. The van der Waals surface area contributed by atoms with Gasteiger partial charge in [0.1, 0.15) is 5.75 Å². The molecule has 0 saturated carbocycles. The molecule has 1 atom stereocenters. The number of phenolic OH excluding ortho intramolecular Hbond substituents is 1. The highest BCUT2D eigenvalue weighted by Crippen LogP contribution is 2.30. The number of aromatic hydroxyl groups is 1. The second-order valence-corrected chi connectivity index (χ2v) is 5.58. The molecule has 0 aromatic heterocycles. The highest BCUT2D eigenvalue weighted by atomic mass is 79.9. The Labute approximate surface area is 112 Å². The first-order chi connectivity index (χ1) is 7.91. The number of hydrogen-bond acceptors (Lipinski definition) is 3. The standard InChI is InChI=1S/C13H21BrN2O/c1-10(16(4)8-7-15(2)3)12-9-11(14)5-6-13(12)17/h5-6,9-10,17H,7-8H2,1-4H3. The largest absolute Gasteiger partial charge is 0.508 e. The zero-order chi connectivity index (χ0) is 13.0. The number of nitrogens with zero attached hydrogens (tertiary/aromatic N) is 2. The van der Waals surface area contributed by atoms with Gasteiger partial charge < -0.3 is 10.0 Å². The van der Waals surface area contributed by atoms with Gasteiger partial charge in [0.15, 0.2) is 0 Å². The lowest BCUT2D eigenvalue weighted by atomic mass is 10.1. The minimum Gasteiger partial charge on any atom is -0.508 e. The Bertz CT molecular complexity index is 368. The number of phenols is 1. The van der Waals surface area contributed by atoms with Crippen molar-refractivity contribution in [3.8, 4) is 5.75 Å². The van der Waals surface area contributed by atoms with Gasteiger partial charge in [-0.15, -0.1) is 0 Å². The third-order valence-electron chi connectivity index (χ3n) is 3.00. The Morgan fingerprint density at radius 3 is 2.47 bits per heavy atom. The van der Waals surface area contributed by atoms with E-state index in [4.69, 9.17) is 0 Å². The summed E-state index contributed by atoms with van der Waals surface area (Å²) in [4.78, 5) is 4.39. The first kappa shape index (κ1) is 14.5. The maximum atomic E-state index is 9.87. The molecule has 1 rings (SSSR count). The number of likely N-dealkylation sites (N-methyl/N-ethyl adjacent to an activating group) is 2. The van der Waals surface area contributed by atoms with Crippen molar-refractivity contribution in [2.24, 2.45) is 0 Å². The van der Waals surface area contributed by atoms with E-state index in [-0.39, 0.29) is 6.04 Å². The number of halogens is 1. The van der Waals surface area contributed by atoms with Crippen LogP contribution >= 0.6 is 15.9 Å². The summed E-state index contributed by atoms with van der Waals surface area (Å²) < 4.78 is 0.998. The molecule has 0 heterocycles. The van der Waals surface area contributed by atoms with Gasteiger partial charge in [-0.2, -0.15) is 0 Å². The Balaban J connectivity index is 2.74. The van der Waals surface area contributed by atoms with Crippen LogP contribution in [0.1, 0.15) is 18.5 Å². The molecule has 1 unspecified atom stereocenters. The summed E-state index contributed by atoms with van der Waals surface area (Å²) in [5, 5.41) is 9.87. The van der Waals surface area contributed by atoms with Crippen LogP contribution in [-0.4, -0.2) is 49.1 Å². The van der Waals surface area contributed by atoms with Crippen molar-refractivity contribution in [2.45, 2.75) is 13.0 Å². The second kappa shape index (κ2) is 6.38. The van der Waals surface area contributed by atoms with Crippen LogP contribution in [0.2, 0.25) is 0 Å². The summed E-state index contributed by atoms with van der Waals surface area (Å²) in [6.45, 7) is 4.09. The average Bonchev–Trinajstić information content (AvgIpc) is 2.28. The van der Waals surface area contributed by atoms with E-state index >= 15 is 0 Å². The van der Waals surface area contributed by atoms with Gasteiger partial charge in [0, 0.05) is 29.2 Å². The summed E-state index contributed by atoms with van der Waals surface area (Å²) >= 11 is 3.44. The minimum atomic E-state index is 0.201. The Morgan fingerprint density at radius 2 is 1.88 bits per heavy atom. The van der Waals surface area contributed by atoms with Crippen molar-refractivity contribution in [2.75, 3.05) is 34.2 Å². The fourth-order valence-electron chi connectivity index (χ4n) is 1.65. The van der Waals surface area contributed by atoms with Gasteiger partial charge in [-0.3, -0.25) is 4.90 Å². The number of hydrogen-bond donors (Lipinski definition) is 1. The molecular weight excluding hydrogens is 280 g/mol. The molecule has 3 nitrogen and oxygen atoms in total. The quantitative estimate of drug-likeness (QED) is 0.906. The average molecular weight is 301 g/mol. The van der Waals surface area contributed by atoms with Crippen LogP contribution in [0.3, 0.4) is 0 Å². The topological polar surface area (TPSA) is 26.7 Å². The molecule has 96 valence electrons. The normalized spacial score (nSPS) is 13.4. The highest BCUT2D eigenvalue weighted by molar-refractivity contribution is 9.10. The Hall–Kier alpha value is -0.580. The molecule has 0 spiro atoms. The second-order valence-electron chi connectivity index (χ2n) is 4.66. The van der Waals surface area contributed by atoms with E-state index in [0.29, 0.717) is 5.75 Å². The minimum absolute atomic E-state index is 0.201. The monoisotopic (exact) mass is 300 g/mol. The van der Waals surface area contributed by atoms with E-state index < -0.39 is 0 Å². The molecule has 1 aromatic carbocycles. The molecule has 1 N–H and O–H groups in total. The zero-order valence-electron chi connectivity index (χ0n) is 10.9. The van der Waals surface area contributed by atoms with E-state index in [0.717, 1.165) is 23.1 Å². The van der Waals surface area contributed by atoms with Crippen LogP contribution in [-0.2, 0) is 0 Å². The number of rotatable bonds is 5. The van der Waals surface area contributed by atoms with E-state index in [9.17, 15) is 5.11 Å². The van der Waals surface area contributed by atoms with E-state index in [1.54, 1.807) is 6.07 Å². The smallest absolute Gasteiger partial charge is 0.120 e. The van der Waals surface area contributed by atoms with Gasteiger partial charge in [0.05, 0.1) is 0 Å². The zero-order valence-corrected chi connectivity index (χ0v) is 12.5. The van der Waals surface area contributed by atoms with Crippen LogP contribution < -0.4 is 0 Å². The third kappa shape index (κ3) is 4.30. The summed E-state index contributed by atoms with van der Waals surface area (Å²) in [5.41, 5.74) is 0.959. The van der Waals surface area contributed by atoms with Gasteiger partial charge >= 0.3 is 0 Å². The van der Waals surface area contributed by atoms with E-state index in [1.807, 2.05) is 12.1 Å². The molecular formula is C13H21BrN2O. The van der Waals surface area contributed by atoms with Gasteiger partial charge in [-0.1, -0.05) is 15.9 Å². The van der Waals surface area contributed by atoms with Crippen LogP contribution in [0.4, 0.5) is 0 Å². The molecule has 0 saturated heterocycles. The summed E-state index contributed by atoms with van der Waals surface area (Å²) in [7, 11) is 6.21. The van der Waals surface area contributed by atoms with Gasteiger partial charge in [0.25, 0.3) is 0 Å². The van der Waals surface area contributed by atoms with Crippen molar-refractivity contribution in [3.63, 3.8) is 0 Å². The molecule has 0 amide bonds. The fraction of sp³-hybridized carbons (Fsp3) is 0.538. The third-order valence-corrected chi connectivity index (χ3v) is 3.49. The lowest BCUT2D eigenvalue weighted by Crippen LogP contribution is -2.30. The van der Waals surface area contributed by atoms with E-state index in [2.05, 4.69) is 53.8 Å². The van der Waals surface area contributed by atoms with Crippen molar-refractivity contribution < 1.29 is 5.11 Å². The SMILES string of the molecule is CC(c1cc(Br)ccc1O)N(C)CCN(C)C. The fourth-order valence-corrected chi connectivity index (χ4v) is 2.03. The molecule has 1 aromatic rings. The lowest BCUT2D eigenvalue weighted by molar-refractivity contribution is 0.228. The van der Waals surface area contributed by atoms with E-state index in [1.165, 1.54) is 0 Å². The maximum Gasteiger partial charge on any atom is 0.120 e. The molecule has 0 aliphatic rings.